The molecule has 3 aromatic heterocycles. The number of rotatable bonds is 6. The van der Waals surface area contributed by atoms with Gasteiger partial charge in [0, 0.05) is 54.8 Å². The van der Waals surface area contributed by atoms with Gasteiger partial charge in [0.2, 0.25) is 0 Å². The van der Waals surface area contributed by atoms with Crippen molar-refractivity contribution in [3.05, 3.63) is 221 Å². The first-order chi connectivity index (χ1) is 38.4. The van der Waals surface area contributed by atoms with Gasteiger partial charge in [0.05, 0.1) is 33.4 Å². The molecular formula is C76H73N5. The number of benzene rings is 9. The van der Waals surface area contributed by atoms with Gasteiger partial charge in [-0.15, -0.1) is 0 Å². The van der Waals surface area contributed by atoms with Crippen molar-refractivity contribution in [1.82, 2.24) is 24.1 Å². The average Bonchev–Trinajstić information content (AvgIpc) is 4.12. The maximum absolute atomic E-state index is 5.61. The summed E-state index contributed by atoms with van der Waals surface area (Å²) >= 11 is 0. The second-order valence-corrected chi connectivity index (χ2v) is 27.5. The molecule has 13 rings (SSSR count). The van der Waals surface area contributed by atoms with Gasteiger partial charge >= 0.3 is 0 Å². The van der Waals surface area contributed by atoms with E-state index in [-0.39, 0.29) is 27.1 Å². The van der Waals surface area contributed by atoms with Gasteiger partial charge in [-0.25, -0.2) is 15.0 Å². The van der Waals surface area contributed by atoms with E-state index >= 15 is 0 Å². The molecule has 0 unspecified atom stereocenters. The molecule has 1 aliphatic carbocycles. The van der Waals surface area contributed by atoms with Crippen molar-refractivity contribution in [2.24, 2.45) is 0 Å². The van der Waals surface area contributed by atoms with Gasteiger partial charge in [0.1, 0.15) is 0 Å². The van der Waals surface area contributed by atoms with Crippen LogP contribution in [0.4, 0.5) is 0 Å². The fourth-order valence-corrected chi connectivity index (χ4v) is 12.6. The van der Waals surface area contributed by atoms with Crippen molar-refractivity contribution in [3.8, 4) is 67.8 Å². The lowest BCUT2D eigenvalue weighted by atomic mass is 9.79. The Morgan fingerprint density at radius 3 is 1.19 bits per heavy atom. The van der Waals surface area contributed by atoms with Gasteiger partial charge in [-0.05, 0) is 145 Å². The predicted octanol–water partition coefficient (Wildman–Crippen LogP) is 20.2. The quantitative estimate of drug-likeness (QED) is 0.167. The van der Waals surface area contributed by atoms with Crippen LogP contribution in [0.3, 0.4) is 0 Å². The molecule has 5 heteroatoms. The van der Waals surface area contributed by atoms with Crippen LogP contribution in [0.5, 0.6) is 0 Å². The molecular weight excluding hydrogens is 983 g/mol. The second-order valence-electron chi connectivity index (χ2n) is 27.5. The van der Waals surface area contributed by atoms with Gasteiger partial charge in [-0.3, -0.25) is 0 Å². The lowest BCUT2D eigenvalue weighted by Crippen LogP contribution is -2.17. The SMILES string of the molecule is CC(C)(C)c1cc(-c2nc(-c3cc(C(C)(C)C)cc(C(C)(C)C)c3)nc(-c3ccc(-n4c5ccccc5c5cc6c(cc54)C(C)(C)c4ccccc4-6)c(-c4ccccc4-n4c5ccccc5c5ccccc54)c3)n2)cc(C(C)(C)C)c1. The largest absolute Gasteiger partial charge is 0.309 e. The van der Waals surface area contributed by atoms with Crippen molar-refractivity contribution >= 4 is 43.6 Å². The molecule has 81 heavy (non-hydrogen) atoms. The Balaban J connectivity index is 1.13. The van der Waals surface area contributed by atoms with Gasteiger partial charge in [0.15, 0.2) is 17.5 Å². The van der Waals surface area contributed by atoms with E-state index in [0.717, 1.165) is 55.7 Å². The molecule has 0 atom stereocenters. The number of aromatic nitrogens is 5. The van der Waals surface area contributed by atoms with Crippen LogP contribution >= 0.6 is 0 Å². The van der Waals surface area contributed by atoms with Crippen molar-refractivity contribution in [1.29, 1.82) is 0 Å². The molecule has 5 nitrogen and oxygen atoms in total. The normalized spacial score (nSPS) is 13.7. The van der Waals surface area contributed by atoms with Gasteiger partial charge < -0.3 is 9.13 Å². The highest BCUT2D eigenvalue weighted by molar-refractivity contribution is 6.13. The minimum atomic E-state index is -0.189. The molecule has 9 aromatic carbocycles. The zero-order valence-corrected chi connectivity index (χ0v) is 49.6. The molecule has 0 saturated carbocycles. The molecule has 1 aliphatic rings. The van der Waals surface area contributed by atoms with E-state index in [9.17, 15) is 0 Å². The fraction of sp³-hybridized carbons (Fsp3) is 0.250. The first kappa shape index (κ1) is 52.0. The molecule has 0 spiro atoms. The van der Waals surface area contributed by atoms with Crippen LogP contribution in [0, 0.1) is 0 Å². The highest BCUT2D eigenvalue weighted by Crippen LogP contribution is 2.52. The maximum atomic E-state index is 5.61. The Morgan fingerprint density at radius 2 is 0.691 bits per heavy atom. The monoisotopic (exact) mass is 1060 g/mol. The van der Waals surface area contributed by atoms with Crippen LogP contribution in [-0.2, 0) is 27.1 Å². The maximum Gasteiger partial charge on any atom is 0.164 e. The number of hydrogen-bond donors (Lipinski definition) is 0. The Kier molecular flexibility index (Phi) is 11.8. The number of nitrogens with zero attached hydrogens (tertiary/aromatic N) is 5. The standard InChI is InChI=1S/C76H73N5/c1-72(2,3)49-37-47(38-50(42-49)73(4,5)6)70-77-69(78-71(79-70)48-39-51(74(7,8)9)43-52(40-48)75(10,11)12)46-35-36-67(59(41-46)56-28-18-23-33-65(56)80-63-31-21-16-26-54(63)55-27-17-22-32-64(55)80)81-66-34-24-19-29-57(66)60-44-58-53-25-15-20-30-61(53)76(13,14)62(58)45-68(60)81/h15-45H,1-14H3. The third kappa shape index (κ3) is 8.70. The Bertz CT molecular complexity index is 4320. The molecule has 0 N–H and O–H groups in total. The van der Waals surface area contributed by atoms with Crippen LogP contribution in [0.15, 0.2) is 188 Å². The first-order valence-corrected chi connectivity index (χ1v) is 28.9. The van der Waals surface area contributed by atoms with Crippen LogP contribution in [0.2, 0.25) is 0 Å². The molecule has 0 radical (unpaired) electrons. The predicted molar refractivity (Wildman–Crippen MR) is 343 cm³/mol. The van der Waals surface area contributed by atoms with Crippen LogP contribution in [-0.4, -0.2) is 24.1 Å². The Labute approximate surface area is 478 Å². The molecule has 12 aromatic rings. The van der Waals surface area contributed by atoms with Crippen molar-refractivity contribution in [3.63, 3.8) is 0 Å². The summed E-state index contributed by atoms with van der Waals surface area (Å²) < 4.78 is 4.98. The van der Waals surface area contributed by atoms with E-state index in [1.165, 1.54) is 71.6 Å². The molecule has 0 bridgehead atoms. The minimum absolute atomic E-state index is 0.113. The molecule has 3 heterocycles. The number of hydrogen-bond acceptors (Lipinski definition) is 3. The highest BCUT2D eigenvalue weighted by atomic mass is 15.0. The van der Waals surface area contributed by atoms with Crippen molar-refractivity contribution in [2.75, 3.05) is 0 Å². The smallest absolute Gasteiger partial charge is 0.164 e. The van der Waals surface area contributed by atoms with Crippen LogP contribution < -0.4 is 0 Å². The summed E-state index contributed by atoms with van der Waals surface area (Å²) in [4.78, 5) is 16.8. The zero-order valence-electron chi connectivity index (χ0n) is 49.6. The van der Waals surface area contributed by atoms with Crippen molar-refractivity contribution < 1.29 is 0 Å². The summed E-state index contributed by atoms with van der Waals surface area (Å²) in [6.07, 6.45) is 0. The van der Waals surface area contributed by atoms with Crippen LogP contribution in [0.25, 0.3) is 111 Å². The molecule has 402 valence electrons. The number of fused-ring (bicyclic) bond motifs is 9. The fourth-order valence-electron chi connectivity index (χ4n) is 12.6. The lowest BCUT2D eigenvalue weighted by Gasteiger charge is -2.26. The molecule has 0 amide bonds. The van der Waals surface area contributed by atoms with E-state index in [1.807, 2.05) is 0 Å². The Morgan fingerprint density at radius 1 is 0.296 bits per heavy atom. The highest BCUT2D eigenvalue weighted by Gasteiger charge is 2.37. The molecule has 0 fully saturated rings. The van der Waals surface area contributed by atoms with Crippen LogP contribution in [0.1, 0.15) is 130 Å². The zero-order chi connectivity index (χ0) is 56.7. The number of para-hydroxylation sites is 4. The van der Waals surface area contributed by atoms with E-state index in [4.69, 9.17) is 15.0 Å². The van der Waals surface area contributed by atoms with E-state index in [2.05, 4.69) is 294 Å². The summed E-state index contributed by atoms with van der Waals surface area (Å²) in [6, 6.07) is 70.3. The second kappa shape index (κ2) is 18.3. The third-order valence-electron chi connectivity index (χ3n) is 17.4. The Hall–Kier alpha value is -8.41. The van der Waals surface area contributed by atoms with E-state index in [1.54, 1.807) is 0 Å². The topological polar surface area (TPSA) is 48.5 Å². The average molecular weight is 1060 g/mol. The van der Waals surface area contributed by atoms with Crippen molar-refractivity contribution in [2.45, 2.75) is 124 Å². The molecule has 0 saturated heterocycles. The summed E-state index contributed by atoms with van der Waals surface area (Å²) in [5.41, 5.74) is 21.5. The summed E-state index contributed by atoms with van der Waals surface area (Å²) in [5.74, 6) is 1.93. The van der Waals surface area contributed by atoms with E-state index < -0.39 is 0 Å². The third-order valence-corrected chi connectivity index (χ3v) is 17.4. The first-order valence-electron chi connectivity index (χ1n) is 28.9. The minimum Gasteiger partial charge on any atom is -0.309 e. The summed E-state index contributed by atoms with van der Waals surface area (Å²) in [6.45, 7) is 32.2. The summed E-state index contributed by atoms with van der Waals surface area (Å²) in [7, 11) is 0. The lowest BCUT2D eigenvalue weighted by molar-refractivity contribution is 0.568. The van der Waals surface area contributed by atoms with E-state index in [0.29, 0.717) is 17.5 Å². The summed E-state index contributed by atoms with van der Waals surface area (Å²) in [5, 5.41) is 4.89. The molecule has 0 aliphatic heterocycles. The van der Waals surface area contributed by atoms with Gasteiger partial charge in [0.25, 0.3) is 0 Å². The van der Waals surface area contributed by atoms with Gasteiger partial charge in [-0.1, -0.05) is 206 Å². The van der Waals surface area contributed by atoms with Gasteiger partial charge in [-0.2, -0.15) is 0 Å².